The second-order valence-electron chi connectivity index (χ2n) is 6.89. The number of carbonyl (C=O) groups excluding carboxylic acids is 1. The van der Waals surface area contributed by atoms with Crippen molar-refractivity contribution in [1.29, 1.82) is 5.26 Å². The Balaban J connectivity index is 2.39. The summed E-state index contributed by atoms with van der Waals surface area (Å²) in [6, 6.07) is 13.8. The fourth-order valence-electron chi connectivity index (χ4n) is 3.12. The van der Waals surface area contributed by atoms with Crippen molar-refractivity contribution in [3.05, 3.63) is 53.6 Å². The molecule has 0 saturated carbocycles. The van der Waals surface area contributed by atoms with Crippen LogP contribution in [0.25, 0.3) is 0 Å². The number of nitrogens with one attached hydrogen (secondary N) is 1. The van der Waals surface area contributed by atoms with Gasteiger partial charge in [0.05, 0.1) is 30.4 Å². The molecule has 0 aliphatic heterocycles. The average molecular weight is 440 g/mol. The molecule has 0 aliphatic rings. The molecule has 2 aromatic carbocycles. The number of anilines is 1. The largest absolute Gasteiger partial charge is 0.494 e. The van der Waals surface area contributed by atoms with Crippen molar-refractivity contribution in [2.24, 2.45) is 0 Å². The van der Waals surface area contributed by atoms with Crippen LogP contribution in [0.1, 0.15) is 44.2 Å². The quantitative estimate of drug-likeness (QED) is 0.256. The molecule has 0 fully saturated rings. The number of benzene rings is 2. The number of unbranched alkanes of at least 4 members (excludes halogenated alkanes) is 1. The van der Waals surface area contributed by atoms with Gasteiger partial charge < -0.3 is 24.6 Å². The van der Waals surface area contributed by atoms with Gasteiger partial charge in [0, 0.05) is 18.7 Å². The van der Waals surface area contributed by atoms with Crippen molar-refractivity contribution in [2.75, 3.05) is 25.1 Å². The number of aldehydes is 1. The Hall–Kier alpha value is -3.57. The van der Waals surface area contributed by atoms with E-state index in [-0.39, 0.29) is 19.6 Å². The minimum absolute atomic E-state index is 0.0664. The molecule has 0 aromatic heterocycles. The molecule has 0 saturated heterocycles. The smallest absolute Gasteiger partial charge is 0.303 e. The van der Waals surface area contributed by atoms with Crippen LogP contribution in [0.15, 0.2) is 42.5 Å². The maximum absolute atomic E-state index is 12.4. The molecule has 8 heteroatoms. The van der Waals surface area contributed by atoms with Gasteiger partial charge in [-0.25, -0.2) is 0 Å². The first-order valence-corrected chi connectivity index (χ1v) is 10.5. The van der Waals surface area contributed by atoms with E-state index >= 15 is 0 Å². The van der Waals surface area contributed by atoms with Crippen molar-refractivity contribution < 1.29 is 28.9 Å². The first-order chi connectivity index (χ1) is 15.5. The SMILES string of the molecule is CCOc1ccc(OCCCCC(=O)O)c(C(C=O)(Nc2ccc(C#N)cc2)OCC)c1. The maximum Gasteiger partial charge on any atom is 0.303 e. The van der Waals surface area contributed by atoms with Crippen LogP contribution in [0.4, 0.5) is 5.69 Å². The third-order valence-corrected chi connectivity index (χ3v) is 4.59. The summed E-state index contributed by atoms with van der Waals surface area (Å²) in [6.45, 7) is 4.60. The van der Waals surface area contributed by atoms with E-state index in [4.69, 9.17) is 24.6 Å². The lowest BCUT2D eigenvalue weighted by atomic mass is 10.0. The molecule has 0 heterocycles. The minimum Gasteiger partial charge on any atom is -0.494 e. The number of carboxylic acid groups (broad SMARTS) is 1. The molecule has 1 unspecified atom stereocenters. The fraction of sp³-hybridized carbons (Fsp3) is 0.375. The van der Waals surface area contributed by atoms with Gasteiger partial charge in [0.2, 0.25) is 5.72 Å². The average Bonchev–Trinajstić information content (AvgIpc) is 2.79. The number of rotatable bonds is 14. The summed E-state index contributed by atoms with van der Waals surface area (Å²) in [5, 5.41) is 20.9. The van der Waals surface area contributed by atoms with Crippen molar-refractivity contribution in [2.45, 2.75) is 38.8 Å². The van der Waals surface area contributed by atoms with E-state index in [2.05, 4.69) is 11.4 Å². The van der Waals surface area contributed by atoms with Crippen molar-refractivity contribution in [3.8, 4) is 17.6 Å². The van der Waals surface area contributed by atoms with Crippen LogP contribution in [-0.2, 0) is 20.1 Å². The van der Waals surface area contributed by atoms with Crippen LogP contribution >= 0.6 is 0 Å². The van der Waals surface area contributed by atoms with Crippen LogP contribution in [0.5, 0.6) is 11.5 Å². The van der Waals surface area contributed by atoms with Crippen LogP contribution in [0.2, 0.25) is 0 Å². The summed E-state index contributed by atoms with van der Waals surface area (Å²) < 4.78 is 17.4. The molecule has 0 aliphatic carbocycles. The van der Waals surface area contributed by atoms with E-state index in [1.807, 2.05) is 6.92 Å². The molecule has 8 nitrogen and oxygen atoms in total. The van der Waals surface area contributed by atoms with E-state index in [1.165, 1.54) is 0 Å². The highest BCUT2D eigenvalue weighted by Gasteiger charge is 2.36. The molecule has 170 valence electrons. The first kappa shape index (κ1) is 24.7. The number of aliphatic carboxylic acids is 1. The third-order valence-electron chi connectivity index (χ3n) is 4.59. The lowest BCUT2D eigenvalue weighted by Crippen LogP contribution is -2.40. The zero-order valence-electron chi connectivity index (χ0n) is 18.3. The number of hydrogen-bond acceptors (Lipinski definition) is 7. The first-order valence-electron chi connectivity index (χ1n) is 10.5. The summed E-state index contributed by atoms with van der Waals surface area (Å²) in [6.07, 6.45) is 1.76. The number of carboxylic acids is 1. The summed E-state index contributed by atoms with van der Waals surface area (Å²) in [5.41, 5.74) is -0.0547. The van der Waals surface area contributed by atoms with Gasteiger partial charge in [-0.05, 0) is 69.2 Å². The Morgan fingerprint density at radius 2 is 1.88 bits per heavy atom. The molecule has 2 rings (SSSR count). The van der Waals surface area contributed by atoms with E-state index in [9.17, 15) is 9.59 Å². The van der Waals surface area contributed by atoms with Gasteiger partial charge in [-0.1, -0.05) is 0 Å². The third kappa shape index (κ3) is 6.72. The number of hydrogen-bond donors (Lipinski definition) is 2. The molecule has 0 bridgehead atoms. The highest BCUT2D eigenvalue weighted by molar-refractivity contribution is 5.74. The number of nitrogens with zero attached hydrogens (tertiary/aromatic N) is 1. The molecule has 0 radical (unpaired) electrons. The zero-order valence-corrected chi connectivity index (χ0v) is 18.3. The van der Waals surface area contributed by atoms with Crippen molar-refractivity contribution in [1.82, 2.24) is 0 Å². The fourth-order valence-corrected chi connectivity index (χ4v) is 3.12. The van der Waals surface area contributed by atoms with Gasteiger partial charge in [0.1, 0.15) is 11.5 Å². The number of nitriles is 1. The number of carbonyl (C=O) groups is 2. The summed E-state index contributed by atoms with van der Waals surface area (Å²) in [7, 11) is 0. The van der Waals surface area contributed by atoms with Gasteiger partial charge in [0.25, 0.3) is 0 Å². The van der Waals surface area contributed by atoms with E-state index in [0.29, 0.717) is 54.0 Å². The highest BCUT2D eigenvalue weighted by atomic mass is 16.5. The van der Waals surface area contributed by atoms with Gasteiger partial charge in [-0.2, -0.15) is 5.26 Å². The van der Waals surface area contributed by atoms with Crippen LogP contribution in [0, 0.1) is 11.3 Å². The minimum atomic E-state index is -1.56. The van der Waals surface area contributed by atoms with Crippen LogP contribution in [0.3, 0.4) is 0 Å². The Kier molecular flexibility index (Phi) is 9.51. The molecule has 2 N–H and O–H groups in total. The molecule has 1 atom stereocenters. The topological polar surface area (TPSA) is 118 Å². The summed E-state index contributed by atoms with van der Waals surface area (Å²) >= 11 is 0. The normalized spacial score (nSPS) is 12.3. The predicted molar refractivity (Wildman–Crippen MR) is 119 cm³/mol. The lowest BCUT2D eigenvalue weighted by Gasteiger charge is -2.32. The van der Waals surface area contributed by atoms with Crippen molar-refractivity contribution >= 4 is 17.9 Å². The highest BCUT2D eigenvalue weighted by Crippen LogP contribution is 2.36. The van der Waals surface area contributed by atoms with E-state index in [1.54, 1.807) is 49.4 Å². The lowest BCUT2D eigenvalue weighted by molar-refractivity contribution is -0.137. The molecular formula is C24H28N2O6. The predicted octanol–water partition coefficient (Wildman–Crippen LogP) is 4.09. The Morgan fingerprint density at radius 1 is 1.12 bits per heavy atom. The van der Waals surface area contributed by atoms with E-state index < -0.39 is 11.7 Å². The van der Waals surface area contributed by atoms with E-state index in [0.717, 1.165) is 0 Å². The standard InChI is InChI=1S/C24H28N2O6/c1-3-30-20-12-13-22(31-14-6-5-7-23(28)29)21(15-20)24(17-27,32-4-2)26-19-10-8-18(16-25)9-11-19/h8-13,15,17,26H,3-7,14H2,1-2H3,(H,28,29). The second-order valence-corrected chi connectivity index (χ2v) is 6.89. The number of ether oxygens (including phenoxy) is 3. The summed E-state index contributed by atoms with van der Waals surface area (Å²) in [4.78, 5) is 23.1. The maximum atomic E-state index is 12.4. The zero-order chi connectivity index (χ0) is 23.4. The van der Waals surface area contributed by atoms with Gasteiger partial charge >= 0.3 is 5.97 Å². The van der Waals surface area contributed by atoms with Crippen LogP contribution < -0.4 is 14.8 Å². The molecule has 0 spiro atoms. The van der Waals surface area contributed by atoms with Crippen LogP contribution in [-0.4, -0.2) is 37.2 Å². The molecule has 2 aromatic rings. The molecular weight excluding hydrogens is 412 g/mol. The Morgan fingerprint density at radius 3 is 2.47 bits per heavy atom. The van der Waals surface area contributed by atoms with Gasteiger partial charge in [-0.15, -0.1) is 0 Å². The van der Waals surface area contributed by atoms with Crippen molar-refractivity contribution in [3.63, 3.8) is 0 Å². The second kappa shape index (κ2) is 12.3. The monoisotopic (exact) mass is 440 g/mol. The van der Waals surface area contributed by atoms with Gasteiger partial charge in [-0.3, -0.25) is 9.59 Å². The molecule has 32 heavy (non-hydrogen) atoms. The van der Waals surface area contributed by atoms with Gasteiger partial charge in [0.15, 0.2) is 6.29 Å². The summed E-state index contributed by atoms with van der Waals surface area (Å²) in [5.74, 6) is 0.119. The Labute approximate surface area is 187 Å². The molecule has 0 amide bonds. The Bertz CT molecular complexity index is 938.